The first kappa shape index (κ1) is 20.1. The minimum absolute atomic E-state index is 0.558. The molecule has 132 valence electrons. The number of carboxylic acid groups (broad SMARTS) is 2. The molecule has 0 radical (unpaired) electrons. The summed E-state index contributed by atoms with van der Waals surface area (Å²) in [6.07, 6.45) is 5.68. The third kappa shape index (κ3) is 6.25. The fourth-order valence-electron chi connectivity index (χ4n) is 2.76. The van der Waals surface area contributed by atoms with Crippen LogP contribution < -0.4 is 5.32 Å². The highest BCUT2D eigenvalue weighted by Gasteiger charge is 2.29. The number of hydrogen-bond acceptors (Lipinski definition) is 4. The lowest BCUT2D eigenvalue weighted by molar-refractivity contribution is -0.134. The molecule has 2 heterocycles. The molecule has 1 aliphatic rings. The Morgan fingerprint density at radius 1 is 1.25 bits per heavy atom. The third-order valence-electron chi connectivity index (χ3n) is 3.80. The van der Waals surface area contributed by atoms with Crippen LogP contribution in [0.25, 0.3) is 0 Å². The van der Waals surface area contributed by atoms with Gasteiger partial charge in [0.25, 0.3) is 0 Å². The average Bonchev–Trinajstić information content (AvgIpc) is 2.91. The molecule has 1 aliphatic heterocycles. The number of rotatable bonds is 4. The summed E-state index contributed by atoms with van der Waals surface area (Å²) in [4.78, 5) is 26.2. The lowest BCUT2D eigenvalue weighted by atomic mass is 10.1. The molecule has 1 aromatic rings. The van der Waals surface area contributed by atoms with E-state index in [2.05, 4.69) is 48.7 Å². The summed E-state index contributed by atoms with van der Waals surface area (Å²) in [7, 11) is 0.922. The second kappa shape index (κ2) is 8.75. The van der Waals surface area contributed by atoms with Crippen molar-refractivity contribution in [2.75, 3.05) is 13.6 Å². The number of carboxylic acids is 2. The zero-order valence-electron chi connectivity index (χ0n) is 14.7. The Morgan fingerprint density at radius 3 is 2.25 bits per heavy atom. The highest BCUT2D eigenvalue weighted by molar-refractivity contribution is 6.88. The number of carbonyl (C=O) groups is 2. The highest BCUT2D eigenvalue weighted by Crippen LogP contribution is 2.29. The molecule has 1 aromatic heterocycles. The van der Waals surface area contributed by atoms with E-state index in [4.69, 9.17) is 10.2 Å². The van der Waals surface area contributed by atoms with Crippen LogP contribution in [0.1, 0.15) is 24.4 Å². The second-order valence-electron chi connectivity index (χ2n) is 6.84. The Morgan fingerprint density at radius 2 is 1.83 bits per heavy atom. The van der Waals surface area contributed by atoms with E-state index in [1.807, 2.05) is 6.20 Å². The maximum absolute atomic E-state index is 9.55. The van der Waals surface area contributed by atoms with Gasteiger partial charge in [0, 0.05) is 29.7 Å². The molecule has 0 bridgehead atoms. The van der Waals surface area contributed by atoms with E-state index < -0.39 is 20.0 Å². The Labute approximate surface area is 143 Å². The first-order valence-electron chi connectivity index (χ1n) is 7.92. The normalized spacial score (nSPS) is 18.2. The van der Waals surface area contributed by atoms with Gasteiger partial charge in [-0.1, -0.05) is 25.7 Å². The monoisotopic (exact) mass is 350 g/mol. The summed E-state index contributed by atoms with van der Waals surface area (Å²) in [6.45, 7) is 8.38. The van der Waals surface area contributed by atoms with Crippen molar-refractivity contribution in [1.82, 2.24) is 9.88 Å². The van der Waals surface area contributed by atoms with Crippen LogP contribution in [0.5, 0.6) is 0 Å². The average molecular weight is 350 g/mol. The second-order valence-corrected chi connectivity index (χ2v) is 11.8. The number of hydrogen-bond donors (Lipinski definition) is 2. The Kier molecular flexibility index (Phi) is 7.31. The van der Waals surface area contributed by atoms with Crippen LogP contribution in [0.2, 0.25) is 19.6 Å². The minimum Gasteiger partial charge on any atom is -0.478 e. The Hall–Kier alpha value is -1.99. The van der Waals surface area contributed by atoms with E-state index >= 15 is 0 Å². The van der Waals surface area contributed by atoms with Gasteiger partial charge < -0.3 is 10.2 Å². The summed E-state index contributed by atoms with van der Waals surface area (Å²) < 4.78 is 0. The van der Waals surface area contributed by atoms with Gasteiger partial charge >= 0.3 is 11.9 Å². The fourth-order valence-corrected chi connectivity index (χ4v) is 4.34. The minimum atomic E-state index is -1.31. The van der Waals surface area contributed by atoms with Gasteiger partial charge in [-0.2, -0.15) is 0 Å². The number of likely N-dealkylation sites (tertiary alicyclic amines) is 1. The van der Waals surface area contributed by atoms with Crippen molar-refractivity contribution in [2.24, 2.45) is 0 Å². The maximum atomic E-state index is 9.55. The maximum Gasteiger partial charge on any atom is 0.328 e. The van der Waals surface area contributed by atoms with Crippen molar-refractivity contribution >= 4 is 25.3 Å². The van der Waals surface area contributed by atoms with Gasteiger partial charge in [-0.25, -0.2) is 9.59 Å². The van der Waals surface area contributed by atoms with E-state index in [1.54, 1.807) is 0 Å². The summed E-state index contributed by atoms with van der Waals surface area (Å²) >= 11 is 0. The highest BCUT2D eigenvalue weighted by atomic mass is 28.3. The van der Waals surface area contributed by atoms with Gasteiger partial charge in [0.1, 0.15) is 8.07 Å². The van der Waals surface area contributed by atoms with Crippen LogP contribution in [-0.2, 0) is 9.59 Å². The molecule has 7 heteroatoms. The van der Waals surface area contributed by atoms with Gasteiger partial charge in [0.2, 0.25) is 0 Å². The van der Waals surface area contributed by atoms with Crippen LogP contribution in [0.4, 0.5) is 0 Å². The molecule has 1 fully saturated rings. The van der Waals surface area contributed by atoms with Crippen LogP contribution >= 0.6 is 0 Å². The number of pyridine rings is 1. The first-order chi connectivity index (χ1) is 11.1. The van der Waals surface area contributed by atoms with Crippen molar-refractivity contribution in [3.63, 3.8) is 0 Å². The van der Waals surface area contributed by atoms with Crippen LogP contribution in [0.3, 0.4) is 0 Å². The van der Waals surface area contributed by atoms with E-state index in [0.29, 0.717) is 18.2 Å². The standard InChI is InChI=1S/C13H22N2Si.C4H4O4/c1-15-10-6-8-12(15)11-7-5-9-14-13(11)16(2,3)4;5-3(6)1-2-4(7)8/h5,7,9,12H,6,8,10H2,1-4H3;1-2H,(H,5,6)(H,7,8)/b;2-1+. The molecule has 24 heavy (non-hydrogen) atoms. The quantitative estimate of drug-likeness (QED) is 0.638. The van der Waals surface area contributed by atoms with Gasteiger partial charge in [0.05, 0.1) is 0 Å². The molecule has 0 saturated carbocycles. The Balaban J connectivity index is 0.000000307. The predicted octanol–water partition coefficient (Wildman–Crippen LogP) is 2.11. The molecule has 2 rings (SSSR count). The zero-order valence-corrected chi connectivity index (χ0v) is 15.7. The molecule has 0 aromatic carbocycles. The van der Waals surface area contributed by atoms with Crippen LogP contribution in [0.15, 0.2) is 30.5 Å². The van der Waals surface area contributed by atoms with E-state index in [9.17, 15) is 9.59 Å². The molecule has 0 amide bonds. The fraction of sp³-hybridized carbons (Fsp3) is 0.471. The van der Waals surface area contributed by atoms with Crippen molar-refractivity contribution in [1.29, 1.82) is 0 Å². The smallest absolute Gasteiger partial charge is 0.328 e. The number of aromatic nitrogens is 1. The first-order valence-corrected chi connectivity index (χ1v) is 11.4. The molecule has 1 atom stereocenters. The molecular weight excluding hydrogens is 324 g/mol. The van der Waals surface area contributed by atoms with Gasteiger partial charge in [-0.05, 0) is 38.1 Å². The SMILES string of the molecule is CN1CCCC1c1cccnc1[Si](C)(C)C.O=C(O)/C=C/C(=O)O. The van der Waals surface area contributed by atoms with Gasteiger partial charge in [-0.3, -0.25) is 9.88 Å². The molecule has 1 unspecified atom stereocenters. The number of aliphatic carboxylic acids is 2. The van der Waals surface area contributed by atoms with Crippen molar-refractivity contribution in [3.8, 4) is 0 Å². The molecule has 0 aliphatic carbocycles. The van der Waals surface area contributed by atoms with Crippen LogP contribution in [0, 0.1) is 0 Å². The zero-order chi connectivity index (χ0) is 18.3. The Bertz CT molecular complexity index is 595. The van der Waals surface area contributed by atoms with Crippen LogP contribution in [-0.4, -0.2) is 53.7 Å². The summed E-state index contributed by atoms with van der Waals surface area (Å²) in [5.41, 5.74) is 1.49. The topological polar surface area (TPSA) is 90.7 Å². The molecular formula is C17H26N2O4Si. The largest absolute Gasteiger partial charge is 0.478 e. The van der Waals surface area contributed by atoms with Gasteiger partial charge in [-0.15, -0.1) is 0 Å². The summed E-state index contributed by atoms with van der Waals surface area (Å²) in [6, 6.07) is 4.98. The van der Waals surface area contributed by atoms with Gasteiger partial charge in [0.15, 0.2) is 0 Å². The molecule has 2 N–H and O–H groups in total. The van der Waals surface area contributed by atoms with E-state index in [-0.39, 0.29) is 0 Å². The summed E-state index contributed by atoms with van der Waals surface area (Å²) in [5.74, 6) is -2.51. The van der Waals surface area contributed by atoms with Crippen molar-refractivity contribution < 1.29 is 19.8 Å². The third-order valence-corrected chi connectivity index (χ3v) is 5.64. The van der Waals surface area contributed by atoms with Crippen molar-refractivity contribution in [2.45, 2.75) is 38.5 Å². The lowest BCUT2D eigenvalue weighted by Crippen LogP contribution is -2.44. The molecule has 1 saturated heterocycles. The predicted molar refractivity (Wildman–Crippen MR) is 96.2 cm³/mol. The molecule has 6 nitrogen and oxygen atoms in total. The summed E-state index contributed by atoms with van der Waals surface area (Å²) in [5, 5.41) is 17.0. The molecule has 0 spiro atoms. The number of nitrogens with zero attached hydrogens (tertiary/aromatic N) is 2. The van der Waals surface area contributed by atoms with E-state index in [0.717, 1.165) is 0 Å². The van der Waals surface area contributed by atoms with E-state index in [1.165, 1.54) is 30.3 Å². The van der Waals surface area contributed by atoms with Crippen molar-refractivity contribution in [3.05, 3.63) is 36.0 Å². The lowest BCUT2D eigenvalue weighted by Gasteiger charge is -2.26.